The van der Waals surface area contributed by atoms with Crippen LogP contribution < -0.4 is 5.73 Å². The van der Waals surface area contributed by atoms with E-state index in [1.165, 1.54) is 0 Å². The monoisotopic (exact) mass is 244 g/mol. The molecule has 0 aromatic carbocycles. The zero-order valence-electron chi connectivity index (χ0n) is 10.9. The van der Waals surface area contributed by atoms with Crippen LogP contribution in [-0.2, 0) is 14.3 Å². The molecule has 1 rings (SSSR count). The number of rotatable bonds is 6. The number of ether oxygens (including phenoxy) is 2. The predicted octanol–water partition coefficient (Wildman–Crippen LogP) is 0.378. The second-order valence-corrected chi connectivity index (χ2v) is 4.41. The molecule has 1 aliphatic rings. The van der Waals surface area contributed by atoms with Crippen molar-refractivity contribution in [2.45, 2.75) is 38.3 Å². The van der Waals surface area contributed by atoms with Gasteiger partial charge in [0.05, 0.1) is 25.3 Å². The quantitative estimate of drug-likeness (QED) is 0.686. The van der Waals surface area contributed by atoms with Gasteiger partial charge in [0.15, 0.2) is 0 Å². The summed E-state index contributed by atoms with van der Waals surface area (Å²) in [7, 11) is 1.66. The third-order valence-corrected chi connectivity index (χ3v) is 3.16. The van der Waals surface area contributed by atoms with Crippen molar-refractivity contribution in [1.82, 2.24) is 4.90 Å². The summed E-state index contributed by atoms with van der Waals surface area (Å²) in [6.45, 7) is 4.63. The molecule has 0 spiro atoms. The first-order valence-corrected chi connectivity index (χ1v) is 6.33. The summed E-state index contributed by atoms with van der Waals surface area (Å²) >= 11 is 0. The van der Waals surface area contributed by atoms with Crippen LogP contribution in [0, 0.1) is 0 Å². The minimum Gasteiger partial charge on any atom is -0.385 e. The number of carbonyl (C=O) groups excluding carboxylic acids is 1. The maximum absolute atomic E-state index is 12.2. The lowest BCUT2D eigenvalue weighted by atomic mass is 10.1. The first-order chi connectivity index (χ1) is 8.20. The average molecular weight is 244 g/mol. The number of morpholine rings is 1. The second kappa shape index (κ2) is 7.63. The fraction of sp³-hybridized carbons (Fsp3) is 0.917. The van der Waals surface area contributed by atoms with Crippen molar-refractivity contribution in [1.29, 1.82) is 0 Å². The third-order valence-electron chi connectivity index (χ3n) is 3.16. The molecule has 2 N–H and O–H groups in total. The Morgan fingerprint density at radius 2 is 2.41 bits per heavy atom. The minimum atomic E-state index is -0.405. The van der Waals surface area contributed by atoms with Gasteiger partial charge in [-0.25, -0.2) is 0 Å². The maximum Gasteiger partial charge on any atom is 0.239 e. The van der Waals surface area contributed by atoms with E-state index in [-0.39, 0.29) is 11.9 Å². The van der Waals surface area contributed by atoms with Crippen LogP contribution in [0.3, 0.4) is 0 Å². The fourth-order valence-electron chi connectivity index (χ4n) is 2.07. The van der Waals surface area contributed by atoms with Gasteiger partial charge in [-0.1, -0.05) is 6.92 Å². The smallest absolute Gasteiger partial charge is 0.239 e. The Labute approximate surface area is 103 Å². The molecule has 1 aliphatic heterocycles. The van der Waals surface area contributed by atoms with Crippen LogP contribution in [0.2, 0.25) is 0 Å². The first kappa shape index (κ1) is 14.4. The maximum atomic E-state index is 12.2. The molecule has 5 heteroatoms. The molecule has 5 nitrogen and oxygen atoms in total. The Balaban J connectivity index is 2.43. The fourth-order valence-corrected chi connectivity index (χ4v) is 2.07. The van der Waals surface area contributed by atoms with Gasteiger partial charge in [-0.3, -0.25) is 4.79 Å². The van der Waals surface area contributed by atoms with Crippen molar-refractivity contribution in [3.05, 3.63) is 0 Å². The van der Waals surface area contributed by atoms with E-state index < -0.39 is 6.04 Å². The molecular weight excluding hydrogens is 220 g/mol. The molecular formula is C12H24N2O3. The molecule has 1 amide bonds. The van der Waals surface area contributed by atoms with Crippen LogP contribution in [-0.4, -0.2) is 56.4 Å². The molecule has 0 aromatic rings. The van der Waals surface area contributed by atoms with Gasteiger partial charge in [0.25, 0.3) is 0 Å². The largest absolute Gasteiger partial charge is 0.385 e. The molecule has 2 atom stereocenters. The zero-order valence-corrected chi connectivity index (χ0v) is 10.9. The van der Waals surface area contributed by atoms with Gasteiger partial charge in [-0.2, -0.15) is 0 Å². The van der Waals surface area contributed by atoms with Gasteiger partial charge in [0.1, 0.15) is 0 Å². The predicted molar refractivity (Wildman–Crippen MR) is 65.7 cm³/mol. The molecule has 0 saturated carbocycles. The molecule has 0 aromatic heterocycles. The van der Waals surface area contributed by atoms with Gasteiger partial charge >= 0.3 is 0 Å². The minimum absolute atomic E-state index is 0.0521. The van der Waals surface area contributed by atoms with Crippen molar-refractivity contribution in [2.75, 3.05) is 33.5 Å². The number of methoxy groups -OCH3 is 1. The van der Waals surface area contributed by atoms with Crippen LogP contribution in [0.25, 0.3) is 0 Å². The van der Waals surface area contributed by atoms with Crippen molar-refractivity contribution in [2.24, 2.45) is 5.73 Å². The molecule has 0 aliphatic carbocycles. The van der Waals surface area contributed by atoms with E-state index in [9.17, 15) is 4.79 Å². The lowest BCUT2D eigenvalue weighted by Gasteiger charge is -2.36. The molecule has 17 heavy (non-hydrogen) atoms. The molecule has 1 heterocycles. The number of hydrogen-bond donors (Lipinski definition) is 1. The van der Waals surface area contributed by atoms with E-state index in [1.807, 2.05) is 4.90 Å². The second-order valence-electron chi connectivity index (χ2n) is 4.41. The Bertz CT molecular complexity index is 236. The van der Waals surface area contributed by atoms with Crippen LogP contribution in [0.4, 0.5) is 0 Å². The highest BCUT2D eigenvalue weighted by molar-refractivity contribution is 5.82. The summed E-state index contributed by atoms with van der Waals surface area (Å²) < 4.78 is 10.3. The van der Waals surface area contributed by atoms with Crippen LogP contribution >= 0.6 is 0 Å². The Morgan fingerprint density at radius 3 is 3.06 bits per heavy atom. The topological polar surface area (TPSA) is 64.8 Å². The lowest BCUT2D eigenvalue weighted by molar-refractivity contribution is -0.141. The molecule has 1 saturated heterocycles. The molecule has 100 valence electrons. The Kier molecular flexibility index (Phi) is 6.47. The lowest BCUT2D eigenvalue weighted by Crippen LogP contribution is -2.53. The van der Waals surface area contributed by atoms with E-state index in [4.69, 9.17) is 15.2 Å². The summed E-state index contributed by atoms with van der Waals surface area (Å²) in [6.07, 6.45) is 2.42. The summed E-state index contributed by atoms with van der Waals surface area (Å²) in [6, 6.07) is -0.220. The van der Waals surface area contributed by atoms with Gasteiger partial charge in [-0.15, -0.1) is 0 Å². The summed E-state index contributed by atoms with van der Waals surface area (Å²) in [5.41, 5.74) is 5.92. The molecule has 0 radical (unpaired) electrons. The van der Waals surface area contributed by atoms with E-state index in [2.05, 4.69) is 6.92 Å². The van der Waals surface area contributed by atoms with Gasteiger partial charge in [0.2, 0.25) is 5.91 Å². The summed E-state index contributed by atoms with van der Waals surface area (Å²) in [5.74, 6) is 0.0521. The third kappa shape index (κ3) is 4.26. The van der Waals surface area contributed by atoms with Crippen molar-refractivity contribution >= 4 is 5.91 Å². The summed E-state index contributed by atoms with van der Waals surface area (Å²) in [5, 5.41) is 0. The highest BCUT2D eigenvalue weighted by Gasteiger charge is 2.28. The highest BCUT2D eigenvalue weighted by atomic mass is 16.5. The van der Waals surface area contributed by atoms with Gasteiger partial charge in [0, 0.05) is 20.3 Å². The van der Waals surface area contributed by atoms with Crippen LogP contribution in [0.5, 0.6) is 0 Å². The van der Waals surface area contributed by atoms with Crippen LogP contribution in [0.15, 0.2) is 0 Å². The number of amides is 1. The van der Waals surface area contributed by atoms with Gasteiger partial charge in [-0.05, 0) is 19.3 Å². The van der Waals surface area contributed by atoms with E-state index >= 15 is 0 Å². The SMILES string of the molecule is CCC1COCCN1C(=O)C(N)CCCOC. The van der Waals surface area contributed by atoms with Crippen molar-refractivity contribution < 1.29 is 14.3 Å². The molecule has 2 unspecified atom stereocenters. The average Bonchev–Trinajstić information content (AvgIpc) is 2.38. The van der Waals surface area contributed by atoms with Crippen molar-refractivity contribution in [3.63, 3.8) is 0 Å². The van der Waals surface area contributed by atoms with E-state index in [0.717, 1.165) is 12.8 Å². The zero-order chi connectivity index (χ0) is 12.7. The number of carbonyl (C=O) groups is 1. The van der Waals surface area contributed by atoms with E-state index in [0.29, 0.717) is 32.8 Å². The highest BCUT2D eigenvalue weighted by Crippen LogP contribution is 2.12. The molecule has 0 bridgehead atoms. The van der Waals surface area contributed by atoms with Crippen LogP contribution in [0.1, 0.15) is 26.2 Å². The van der Waals surface area contributed by atoms with Gasteiger partial charge < -0.3 is 20.1 Å². The summed E-state index contributed by atoms with van der Waals surface area (Å²) in [4.78, 5) is 14.0. The Hall–Kier alpha value is -0.650. The number of nitrogens with zero attached hydrogens (tertiary/aromatic N) is 1. The Morgan fingerprint density at radius 1 is 1.65 bits per heavy atom. The molecule has 1 fully saturated rings. The standard InChI is InChI=1S/C12H24N2O3/c1-3-10-9-17-8-6-14(10)12(15)11(13)5-4-7-16-2/h10-11H,3-9,13H2,1-2H3. The number of nitrogens with two attached hydrogens (primary N) is 1. The number of hydrogen-bond acceptors (Lipinski definition) is 4. The van der Waals surface area contributed by atoms with E-state index in [1.54, 1.807) is 7.11 Å². The first-order valence-electron chi connectivity index (χ1n) is 6.33. The normalized spacial score (nSPS) is 22.5. The van der Waals surface area contributed by atoms with Crippen molar-refractivity contribution in [3.8, 4) is 0 Å².